The first-order valence-electron chi connectivity index (χ1n) is 4.59. The van der Waals surface area contributed by atoms with E-state index in [1.165, 1.54) is 0 Å². The Hall–Kier alpha value is -1.65. The number of aliphatic hydroxyl groups excluding tert-OH is 1. The molecule has 0 aromatic heterocycles. The van der Waals surface area contributed by atoms with Gasteiger partial charge in [-0.05, 0) is 0 Å². The zero-order chi connectivity index (χ0) is 11.7. The summed E-state index contributed by atoms with van der Waals surface area (Å²) in [5.74, 6) is -0.790. The van der Waals surface area contributed by atoms with Gasteiger partial charge in [-0.1, -0.05) is 35.9 Å². The number of hydrogen-bond acceptors (Lipinski definition) is 4. The minimum absolute atomic E-state index is 0.0483. The molecule has 0 saturated carbocycles. The highest BCUT2D eigenvalue weighted by molar-refractivity contribution is 6.49. The number of carbonyl (C=O) groups excluding carboxylic acids is 2. The van der Waals surface area contributed by atoms with E-state index in [0.29, 0.717) is 11.1 Å². The largest absolute Gasteiger partial charge is 0.377 e. The van der Waals surface area contributed by atoms with Crippen LogP contribution >= 0.6 is 11.6 Å². The molecular formula is C11H8ClNO3. The van der Waals surface area contributed by atoms with Gasteiger partial charge in [0.05, 0.1) is 0 Å². The van der Waals surface area contributed by atoms with Gasteiger partial charge in [0, 0.05) is 11.1 Å². The third kappa shape index (κ3) is 1.52. The lowest BCUT2D eigenvalue weighted by Crippen LogP contribution is -2.29. The number of aliphatic hydroxyl groups is 1. The fourth-order valence-corrected chi connectivity index (χ4v) is 1.84. The van der Waals surface area contributed by atoms with Crippen molar-refractivity contribution in [3.63, 3.8) is 0 Å². The predicted octanol–water partition coefficient (Wildman–Crippen LogP) is 1.06. The molecule has 0 fully saturated rings. The first-order chi connectivity index (χ1) is 7.66. The zero-order valence-electron chi connectivity index (χ0n) is 8.16. The van der Waals surface area contributed by atoms with E-state index in [1.807, 2.05) is 0 Å². The maximum Gasteiger partial charge on any atom is 0.211 e. The van der Waals surface area contributed by atoms with Gasteiger partial charge in [0.2, 0.25) is 11.6 Å². The number of rotatable bonds is 2. The Morgan fingerprint density at radius 2 is 1.69 bits per heavy atom. The van der Waals surface area contributed by atoms with E-state index >= 15 is 0 Å². The van der Waals surface area contributed by atoms with Crippen molar-refractivity contribution in [3.8, 4) is 0 Å². The average Bonchev–Trinajstić information content (AvgIpc) is 2.32. The van der Waals surface area contributed by atoms with Gasteiger partial charge in [-0.25, -0.2) is 0 Å². The molecule has 0 bridgehead atoms. The van der Waals surface area contributed by atoms with Gasteiger partial charge in [-0.15, -0.1) is 0 Å². The Labute approximate surface area is 96.5 Å². The van der Waals surface area contributed by atoms with Crippen LogP contribution in [0.1, 0.15) is 20.7 Å². The molecule has 16 heavy (non-hydrogen) atoms. The summed E-state index contributed by atoms with van der Waals surface area (Å²) in [5, 5.41) is 10.9. The molecule has 0 atom stereocenters. The fraction of sp³-hybridized carbons (Fsp3) is 0.0909. The van der Waals surface area contributed by atoms with E-state index < -0.39 is 12.5 Å². The molecule has 0 aliphatic heterocycles. The van der Waals surface area contributed by atoms with E-state index in [0.717, 1.165) is 0 Å². The smallest absolute Gasteiger partial charge is 0.211 e. The van der Waals surface area contributed by atoms with Crippen molar-refractivity contribution in [1.82, 2.24) is 5.32 Å². The second kappa shape index (κ2) is 4.08. The number of carbonyl (C=O) groups is 2. The maximum atomic E-state index is 11.9. The summed E-state index contributed by atoms with van der Waals surface area (Å²) >= 11 is 5.77. The van der Waals surface area contributed by atoms with E-state index in [1.54, 1.807) is 24.3 Å². The Bertz CT molecular complexity index is 508. The molecule has 0 amide bonds. The molecule has 0 saturated heterocycles. The van der Waals surface area contributed by atoms with Crippen LogP contribution in [0, 0.1) is 0 Å². The fourth-order valence-electron chi connectivity index (χ4n) is 1.58. The van der Waals surface area contributed by atoms with Gasteiger partial charge in [0.1, 0.15) is 17.5 Å². The van der Waals surface area contributed by atoms with Crippen molar-refractivity contribution in [3.05, 3.63) is 46.1 Å². The predicted molar refractivity (Wildman–Crippen MR) is 58.2 cm³/mol. The Morgan fingerprint density at radius 1 is 1.12 bits per heavy atom. The average molecular weight is 238 g/mol. The minimum Gasteiger partial charge on any atom is -0.377 e. The zero-order valence-corrected chi connectivity index (χ0v) is 8.91. The summed E-state index contributed by atoms with van der Waals surface area (Å²) < 4.78 is 0. The van der Waals surface area contributed by atoms with Gasteiger partial charge >= 0.3 is 0 Å². The maximum absolute atomic E-state index is 11.9. The molecule has 2 rings (SSSR count). The summed E-state index contributed by atoms with van der Waals surface area (Å²) in [6.45, 7) is -0.452. The molecule has 2 N–H and O–H groups in total. The molecule has 1 aliphatic rings. The monoisotopic (exact) mass is 237 g/mol. The summed E-state index contributed by atoms with van der Waals surface area (Å²) in [7, 11) is 0. The van der Waals surface area contributed by atoms with Gasteiger partial charge in [0.15, 0.2) is 0 Å². The van der Waals surface area contributed by atoms with Crippen LogP contribution in [0.4, 0.5) is 0 Å². The molecule has 82 valence electrons. The summed E-state index contributed by atoms with van der Waals surface area (Å²) in [4.78, 5) is 23.7. The molecule has 0 radical (unpaired) electrons. The van der Waals surface area contributed by atoms with Crippen molar-refractivity contribution < 1.29 is 14.7 Å². The number of nitrogens with one attached hydrogen (secondary N) is 1. The van der Waals surface area contributed by atoms with Crippen LogP contribution < -0.4 is 5.32 Å². The van der Waals surface area contributed by atoms with Crippen molar-refractivity contribution in [2.75, 3.05) is 6.73 Å². The van der Waals surface area contributed by atoms with Crippen molar-refractivity contribution in [1.29, 1.82) is 0 Å². The van der Waals surface area contributed by atoms with Gasteiger partial charge in [-0.2, -0.15) is 0 Å². The van der Waals surface area contributed by atoms with Crippen molar-refractivity contribution in [2.45, 2.75) is 0 Å². The number of Topliss-reactive ketones (excluding diaryl/α,β-unsaturated/α-hetero) is 2. The minimum atomic E-state index is -0.452. The first kappa shape index (κ1) is 10.9. The van der Waals surface area contributed by atoms with Crippen LogP contribution in [0.3, 0.4) is 0 Å². The lowest BCUT2D eigenvalue weighted by molar-refractivity contribution is 0.0969. The quantitative estimate of drug-likeness (QED) is 0.755. The van der Waals surface area contributed by atoms with Gasteiger partial charge in [-0.3, -0.25) is 9.59 Å². The second-order valence-corrected chi connectivity index (χ2v) is 3.61. The lowest BCUT2D eigenvalue weighted by atomic mass is 9.92. The number of halogens is 1. The molecule has 1 aliphatic carbocycles. The Morgan fingerprint density at radius 3 is 2.25 bits per heavy atom. The number of allylic oxidation sites excluding steroid dienone is 2. The SMILES string of the molecule is O=C1C(Cl)=C(NCO)C(=O)c2ccccc21. The van der Waals surface area contributed by atoms with E-state index in [9.17, 15) is 9.59 Å². The number of fused-ring (bicyclic) bond motifs is 1. The normalized spacial score (nSPS) is 15.1. The van der Waals surface area contributed by atoms with Gasteiger partial charge < -0.3 is 10.4 Å². The number of ketones is 2. The molecule has 0 spiro atoms. The third-order valence-corrected chi connectivity index (χ3v) is 2.68. The van der Waals surface area contributed by atoms with Crippen molar-refractivity contribution in [2.24, 2.45) is 0 Å². The molecule has 0 unspecified atom stereocenters. The standard InChI is InChI=1S/C11H8ClNO3/c12-8-9(13-5-14)11(16)7-4-2-1-3-6(7)10(8)15/h1-4,13-14H,5H2. The Balaban J connectivity index is 2.58. The van der Waals surface area contributed by atoms with Crippen LogP contribution in [-0.4, -0.2) is 23.4 Å². The molecular weight excluding hydrogens is 230 g/mol. The van der Waals surface area contributed by atoms with E-state index in [2.05, 4.69) is 5.32 Å². The number of hydrogen-bond donors (Lipinski definition) is 2. The molecule has 1 aromatic carbocycles. The van der Waals surface area contributed by atoms with Crippen LogP contribution in [0.5, 0.6) is 0 Å². The highest BCUT2D eigenvalue weighted by Gasteiger charge is 2.30. The van der Waals surface area contributed by atoms with E-state index in [4.69, 9.17) is 16.7 Å². The second-order valence-electron chi connectivity index (χ2n) is 3.23. The van der Waals surface area contributed by atoms with Crippen LogP contribution in [-0.2, 0) is 0 Å². The van der Waals surface area contributed by atoms with Crippen LogP contribution in [0.15, 0.2) is 35.0 Å². The summed E-state index contributed by atoms with van der Waals surface area (Å²) in [6, 6.07) is 6.43. The molecule has 1 aromatic rings. The first-order valence-corrected chi connectivity index (χ1v) is 4.97. The van der Waals surface area contributed by atoms with Crippen LogP contribution in [0.25, 0.3) is 0 Å². The lowest BCUT2D eigenvalue weighted by Gasteiger charge is -2.17. The van der Waals surface area contributed by atoms with E-state index in [-0.39, 0.29) is 16.5 Å². The van der Waals surface area contributed by atoms with Crippen molar-refractivity contribution >= 4 is 23.2 Å². The summed E-state index contributed by atoms with van der Waals surface area (Å²) in [6.07, 6.45) is 0. The molecule has 5 heteroatoms. The van der Waals surface area contributed by atoms with Crippen LogP contribution in [0.2, 0.25) is 0 Å². The highest BCUT2D eigenvalue weighted by atomic mass is 35.5. The topological polar surface area (TPSA) is 66.4 Å². The Kier molecular flexibility index (Phi) is 2.77. The molecule has 0 heterocycles. The molecule has 4 nitrogen and oxygen atoms in total. The summed E-state index contributed by atoms with van der Waals surface area (Å²) in [5.41, 5.74) is 0.543. The third-order valence-electron chi connectivity index (χ3n) is 2.32. The highest BCUT2D eigenvalue weighted by Crippen LogP contribution is 2.26. The number of benzene rings is 1. The van der Waals surface area contributed by atoms with Gasteiger partial charge in [0.25, 0.3) is 0 Å².